The number of nitrogens with one attached hydrogen (secondary N) is 1. The summed E-state index contributed by atoms with van der Waals surface area (Å²) in [6, 6.07) is 2.20. The zero-order chi connectivity index (χ0) is 11.7. The molecule has 1 aromatic heterocycles. The van der Waals surface area contributed by atoms with Gasteiger partial charge in [-0.15, -0.1) is 0 Å². The zero-order valence-corrected chi connectivity index (χ0v) is 9.92. The summed E-state index contributed by atoms with van der Waals surface area (Å²) in [7, 11) is 1.66. The molecule has 0 radical (unpaired) electrons. The standard InChI is InChI=1S/C10H8BrF2N3/c1-14-10-15-2-3-16(10)9-5-7(12)6(11)4-8(9)13/h2-5H,1H3,(H,14,15). The molecule has 0 aliphatic heterocycles. The van der Waals surface area contributed by atoms with Crippen LogP contribution in [-0.4, -0.2) is 16.6 Å². The van der Waals surface area contributed by atoms with Crippen LogP contribution in [0, 0.1) is 11.6 Å². The van der Waals surface area contributed by atoms with E-state index in [1.165, 1.54) is 10.8 Å². The number of anilines is 1. The van der Waals surface area contributed by atoms with Gasteiger partial charge in [-0.05, 0) is 22.0 Å². The van der Waals surface area contributed by atoms with Gasteiger partial charge < -0.3 is 5.32 Å². The molecule has 0 spiro atoms. The molecule has 0 saturated carbocycles. The summed E-state index contributed by atoms with van der Waals surface area (Å²) in [5.41, 5.74) is 0.113. The molecule has 6 heteroatoms. The largest absolute Gasteiger partial charge is 0.358 e. The summed E-state index contributed by atoms with van der Waals surface area (Å²) >= 11 is 2.92. The van der Waals surface area contributed by atoms with E-state index in [1.807, 2.05) is 0 Å². The van der Waals surface area contributed by atoms with Crippen LogP contribution in [0.3, 0.4) is 0 Å². The van der Waals surface area contributed by atoms with E-state index in [2.05, 4.69) is 26.2 Å². The third kappa shape index (κ3) is 1.80. The van der Waals surface area contributed by atoms with E-state index in [4.69, 9.17) is 0 Å². The molecule has 16 heavy (non-hydrogen) atoms. The predicted octanol–water partition coefficient (Wildman–Crippen LogP) is 2.95. The average molecular weight is 288 g/mol. The quantitative estimate of drug-likeness (QED) is 0.861. The van der Waals surface area contributed by atoms with Crippen LogP contribution in [0.4, 0.5) is 14.7 Å². The van der Waals surface area contributed by atoms with Crippen LogP contribution in [0.25, 0.3) is 5.69 Å². The lowest BCUT2D eigenvalue weighted by Gasteiger charge is -2.09. The fourth-order valence-electron chi connectivity index (χ4n) is 1.38. The second-order valence-corrected chi connectivity index (χ2v) is 3.94. The van der Waals surface area contributed by atoms with E-state index in [9.17, 15) is 8.78 Å². The molecule has 0 amide bonds. The first-order chi connectivity index (χ1) is 7.63. The maximum atomic E-state index is 13.6. The van der Waals surface area contributed by atoms with Crippen LogP contribution < -0.4 is 5.32 Å². The highest BCUT2D eigenvalue weighted by Gasteiger charge is 2.12. The SMILES string of the molecule is CNc1nccn1-c1cc(F)c(Br)cc1F. The molecule has 0 bridgehead atoms. The van der Waals surface area contributed by atoms with Gasteiger partial charge >= 0.3 is 0 Å². The van der Waals surface area contributed by atoms with Crippen LogP contribution >= 0.6 is 15.9 Å². The summed E-state index contributed by atoms with van der Waals surface area (Å²) in [6.07, 6.45) is 3.06. The summed E-state index contributed by atoms with van der Waals surface area (Å²) in [4.78, 5) is 3.96. The second-order valence-electron chi connectivity index (χ2n) is 3.09. The van der Waals surface area contributed by atoms with Gasteiger partial charge in [0.25, 0.3) is 0 Å². The summed E-state index contributed by atoms with van der Waals surface area (Å²) in [5, 5.41) is 2.79. The number of hydrogen-bond acceptors (Lipinski definition) is 2. The van der Waals surface area contributed by atoms with E-state index >= 15 is 0 Å². The van der Waals surface area contributed by atoms with Crippen molar-refractivity contribution in [3.05, 3.63) is 40.6 Å². The Balaban J connectivity index is 2.60. The van der Waals surface area contributed by atoms with Crippen LogP contribution in [0.1, 0.15) is 0 Å². The molecule has 1 aromatic carbocycles. The van der Waals surface area contributed by atoms with Crippen molar-refractivity contribution in [2.45, 2.75) is 0 Å². The van der Waals surface area contributed by atoms with Crippen molar-refractivity contribution in [3.8, 4) is 5.69 Å². The van der Waals surface area contributed by atoms with Crippen LogP contribution in [0.2, 0.25) is 0 Å². The fourth-order valence-corrected chi connectivity index (χ4v) is 1.69. The summed E-state index contributed by atoms with van der Waals surface area (Å²) in [5.74, 6) is -0.601. The lowest BCUT2D eigenvalue weighted by atomic mass is 10.3. The summed E-state index contributed by atoms with van der Waals surface area (Å²) < 4.78 is 28.5. The van der Waals surface area contributed by atoms with Crippen molar-refractivity contribution in [2.75, 3.05) is 12.4 Å². The van der Waals surface area contributed by atoms with E-state index in [-0.39, 0.29) is 10.2 Å². The first-order valence-electron chi connectivity index (χ1n) is 4.49. The Kier molecular flexibility index (Phi) is 2.91. The van der Waals surface area contributed by atoms with Gasteiger partial charge in [-0.1, -0.05) is 0 Å². The Morgan fingerprint density at radius 1 is 1.31 bits per heavy atom. The number of halogens is 3. The number of rotatable bonds is 2. The minimum Gasteiger partial charge on any atom is -0.358 e. The van der Waals surface area contributed by atoms with Crippen molar-refractivity contribution < 1.29 is 8.78 Å². The minimum absolute atomic E-state index is 0.0971. The fraction of sp³-hybridized carbons (Fsp3) is 0.100. The topological polar surface area (TPSA) is 29.9 Å². The zero-order valence-electron chi connectivity index (χ0n) is 8.34. The molecule has 1 N–H and O–H groups in total. The van der Waals surface area contributed by atoms with Gasteiger partial charge in [-0.2, -0.15) is 0 Å². The van der Waals surface area contributed by atoms with Gasteiger partial charge in [-0.25, -0.2) is 13.8 Å². The monoisotopic (exact) mass is 287 g/mol. The van der Waals surface area contributed by atoms with Gasteiger partial charge in [0.2, 0.25) is 5.95 Å². The van der Waals surface area contributed by atoms with E-state index in [0.29, 0.717) is 5.95 Å². The Labute approximate surface area is 99.2 Å². The molecule has 0 saturated heterocycles. The molecule has 3 nitrogen and oxygen atoms in total. The van der Waals surface area contributed by atoms with Gasteiger partial charge in [0, 0.05) is 25.5 Å². The third-order valence-corrected chi connectivity index (χ3v) is 2.72. The van der Waals surface area contributed by atoms with Gasteiger partial charge in [0.1, 0.15) is 11.6 Å². The smallest absolute Gasteiger partial charge is 0.207 e. The number of nitrogens with zero attached hydrogens (tertiary/aromatic N) is 2. The van der Waals surface area contributed by atoms with Crippen LogP contribution in [0.5, 0.6) is 0 Å². The Bertz CT molecular complexity index is 525. The molecule has 2 aromatic rings. The molecule has 0 aliphatic carbocycles. The first-order valence-corrected chi connectivity index (χ1v) is 5.29. The van der Waals surface area contributed by atoms with Crippen molar-refractivity contribution in [2.24, 2.45) is 0 Å². The lowest BCUT2D eigenvalue weighted by molar-refractivity contribution is 0.587. The van der Waals surface area contributed by atoms with Crippen molar-refractivity contribution in [1.29, 1.82) is 0 Å². The lowest BCUT2D eigenvalue weighted by Crippen LogP contribution is -2.03. The van der Waals surface area contributed by atoms with Crippen molar-refractivity contribution >= 4 is 21.9 Å². The van der Waals surface area contributed by atoms with Crippen molar-refractivity contribution in [3.63, 3.8) is 0 Å². The van der Waals surface area contributed by atoms with E-state index in [0.717, 1.165) is 12.1 Å². The van der Waals surface area contributed by atoms with Gasteiger partial charge in [0.15, 0.2) is 0 Å². The molecule has 1 heterocycles. The molecule has 0 fully saturated rings. The second kappa shape index (κ2) is 4.21. The predicted molar refractivity (Wildman–Crippen MR) is 60.7 cm³/mol. The first kappa shape index (κ1) is 11.1. The molecule has 0 atom stereocenters. The molecule has 2 rings (SSSR count). The Morgan fingerprint density at radius 3 is 2.75 bits per heavy atom. The van der Waals surface area contributed by atoms with Crippen molar-refractivity contribution in [1.82, 2.24) is 9.55 Å². The molecular formula is C10H8BrF2N3. The Hall–Kier alpha value is -1.43. The number of benzene rings is 1. The van der Waals surface area contributed by atoms with E-state index < -0.39 is 11.6 Å². The maximum Gasteiger partial charge on any atom is 0.207 e. The minimum atomic E-state index is -0.525. The van der Waals surface area contributed by atoms with Gasteiger partial charge in [-0.3, -0.25) is 4.57 Å². The molecule has 0 unspecified atom stereocenters. The molecular weight excluding hydrogens is 280 g/mol. The van der Waals surface area contributed by atoms with Crippen LogP contribution in [0.15, 0.2) is 29.0 Å². The number of aromatic nitrogens is 2. The molecule has 0 aliphatic rings. The highest BCUT2D eigenvalue weighted by molar-refractivity contribution is 9.10. The van der Waals surface area contributed by atoms with E-state index in [1.54, 1.807) is 13.2 Å². The highest BCUT2D eigenvalue weighted by atomic mass is 79.9. The highest BCUT2D eigenvalue weighted by Crippen LogP contribution is 2.24. The maximum absolute atomic E-state index is 13.6. The Morgan fingerprint density at radius 2 is 2.06 bits per heavy atom. The summed E-state index contributed by atoms with van der Waals surface area (Å²) in [6.45, 7) is 0. The number of imidazole rings is 1. The van der Waals surface area contributed by atoms with Crippen LogP contribution in [-0.2, 0) is 0 Å². The number of hydrogen-bond donors (Lipinski definition) is 1. The molecule has 84 valence electrons. The third-order valence-electron chi connectivity index (χ3n) is 2.11. The van der Waals surface area contributed by atoms with Gasteiger partial charge in [0.05, 0.1) is 10.2 Å². The average Bonchev–Trinajstić information content (AvgIpc) is 2.71. The normalized spacial score (nSPS) is 10.5.